The van der Waals surface area contributed by atoms with E-state index in [1.807, 2.05) is 24.3 Å². The number of likely N-dealkylation sites (tertiary alicyclic amines) is 1. The third-order valence-corrected chi connectivity index (χ3v) is 7.90. The van der Waals surface area contributed by atoms with Gasteiger partial charge in [-0.15, -0.1) is 0 Å². The molecule has 0 spiro atoms. The second kappa shape index (κ2) is 11.4. The lowest BCUT2D eigenvalue weighted by atomic mass is 9.92. The zero-order valence-corrected chi connectivity index (χ0v) is 22.3. The van der Waals surface area contributed by atoms with Crippen molar-refractivity contribution in [1.82, 2.24) is 20.4 Å². The summed E-state index contributed by atoms with van der Waals surface area (Å²) < 4.78 is 5.39. The Labute approximate surface area is 229 Å². The number of aromatic amines is 1. The average molecular weight is 519 g/mol. The normalized spacial score (nSPS) is 20.9. The third kappa shape index (κ3) is 5.58. The van der Waals surface area contributed by atoms with Crippen molar-refractivity contribution in [3.8, 4) is 0 Å². The van der Waals surface area contributed by atoms with E-state index in [1.165, 1.54) is 18.4 Å². The highest BCUT2D eigenvalue weighted by Gasteiger charge is 2.29. The summed E-state index contributed by atoms with van der Waals surface area (Å²) in [4.78, 5) is 15.1. The molecule has 2 aliphatic rings. The van der Waals surface area contributed by atoms with Crippen molar-refractivity contribution in [3.63, 3.8) is 0 Å². The monoisotopic (exact) mass is 518 g/mol. The number of hydrogen-bond acceptors (Lipinski definition) is 4. The molecule has 1 amide bonds. The van der Waals surface area contributed by atoms with Crippen molar-refractivity contribution < 1.29 is 9.53 Å². The number of amides is 1. The number of ether oxygens (including phenoxy) is 1. The van der Waals surface area contributed by atoms with Crippen molar-refractivity contribution in [2.75, 3.05) is 26.8 Å². The van der Waals surface area contributed by atoms with E-state index in [1.54, 1.807) is 7.11 Å². The number of benzene rings is 3. The van der Waals surface area contributed by atoms with Crippen LogP contribution in [0.4, 0.5) is 0 Å². The van der Waals surface area contributed by atoms with Crippen LogP contribution in [0.25, 0.3) is 29.1 Å². The number of H-pyrrole nitrogens is 1. The first-order chi connectivity index (χ1) is 19.2. The van der Waals surface area contributed by atoms with Gasteiger partial charge in [-0.25, -0.2) is 0 Å². The van der Waals surface area contributed by atoms with E-state index in [4.69, 9.17) is 4.74 Å². The largest absolute Gasteiger partial charge is 0.383 e. The lowest BCUT2D eigenvalue weighted by molar-refractivity contribution is -0.116. The fourth-order valence-electron chi connectivity index (χ4n) is 5.80. The topological polar surface area (TPSA) is 70.2 Å². The highest BCUT2D eigenvalue weighted by Crippen LogP contribution is 2.31. The molecule has 2 aliphatic heterocycles. The highest BCUT2D eigenvalue weighted by atomic mass is 16.5. The maximum absolute atomic E-state index is 12.6. The number of nitrogens with zero attached hydrogens (tertiary/aromatic N) is 2. The Morgan fingerprint density at radius 3 is 2.67 bits per heavy atom. The van der Waals surface area contributed by atoms with Crippen LogP contribution in [0.15, 0.2) is 78.4 Å². The fraction of sp³-hybridized carbons (Fsp3) is 0.273. The van der Waals surface area contributed by atoms with Gasteiger partial charge in [0.2, 0.25) is 5.91 Å². The predicted octanol–water partition coefficient (Wildman–Crippen LogP) is 5.64. The summed E-state index contributed by atoms with van der Waals surface area (Å²) in [5, 5.41) is 11.8. The molecule has 4 aromatic rings. The Hall–Kier alpha value is -4.00. The molecule has 2 unspecified atom stereocenters. The Morgan fingerprint density at radius 1 is 1.03 bits per heavy atom. The van der Waals surface area contributed by atoms with Gasteiger partial charge in [0, 0.05) is 43.1 Å². The van der Waals surface area contributed by atoms with Crippen molar-refractivity contribution in [1.29, 1.82) is 0 Å². The van der Waals surface area contributed by atoms with Gasteiger partial charge < -0.3 is 10.1 Å². The quantitative estimate of drug-likeness (QED) is 0.296. The first-order valence-corrected chi connectivity index (χ1v) is 13.7. The molecule has 39 heavy (non-hydrogen) atoms. The van der Waals surface area contributed by atoms with Crippen LogP contribution in [0.1, 0.15) is 46.7 Å². The van der Waals surface area contributed by atoms with Gasteiger partial charge in [0.05, 0.1) is 17.8 Å². The molecule has 6 heteroatoms. The number of nitrogens with one attached hydrogen (secondary N) is 2. The molecule has 3 aromatic carbocycles. The molecular weight excluding hydrogens is 484 g/mol. The second-order valence-corrected chi connectivity index (χ2v) is 10.5. The minimum absolute atomic E-state index is 0.00146. The molecular formula is C33H34N4O2. The summed E-state index contributed by atoms with van der Waals surface area (Å²) in [6.07, 6.45) is 8.61. The van der Waals surface area contributed by atoms with Crippen LogP contribution in [0.5, 0.6) is 0 Å². The SMILES string of the molecule is COCC1CCCN1Cc1ccc(/C=C/c2n[nH]c3cc(C=C4C(=O)NCC4c4ccccc4)ccc23)cc1. The lowest BCUT2D eigenvalue weighted by Crippen LogP contribution is -2.32. The van der Waals surface area contributed by atoms with Crippen LogP contribution in [-0.4, -0.2) is 53.9 Å². The number of carbonyl (C=O) groups is 1. The summed E-state index contributed by atoms with van der Waals surface area (Å²) in [6, 6.07) is 25.7. The zero-order valence-electron chi connectivity index (χ0n) is 22.3. The first-order valence-electron chi connectivity index (χ1n) is 13.7. The molecule has 2 fully saturated rings. The van der Waals surface area contributed by atoms with Gasteiger partial charge in [-0.05, 0) is 65.9 Å². The molecule has 0 aliphatic carbocycles. The van der Waals surface area contributed by atoms with Crippen molar-refractivity contribution in [2.24, 2.45) is 0 Å². The average Bonchev–Trinajstić information content (AvgIpc) is 3.68. The van der Waals surface area contributed by atoms with Gasteiger partial charge in [0.15, 0.2) is 0 Å². The molecule has 3 heterocycles. The number of aromatic nitrogens is 2. The zero-order chi connectivity index (χ0) is 26.6. The van der Waals surface area contributed by atoms with Crippen LogP contribution >= 0.6 is 0 Å². The Kier molecular flexibility index (Phi) is 7.39. The minimum atomic E-state index is -0.00146. The molecule has 198 valence electrons. The Bertz CT molecular complexity index is 1500. The van der Waals surface area contributed by atoms with Crippen LogP contribution in [-0.2, 0) is 16.1 Å². The smallest absolute Gasteiger partial charge is 0.247 e. The van der Waals surface area contributed by atoms with Gasteiger partial charge in [-0.1, -0.05) is 66.7 Å². The molecule has 6 nitrogen and oxygen atoms in total. The number of methoxy groups -OCH3 is 1. The number of rotatable bonds is 8. The molecule has 2 saturated heterocycles. The Balaban J connectivity index is 1.15. The van der Waals surface area contributed by atoms with Crippen molar-refractivity contribution >= 4 is 35.0 Å². The van der Waals surface area contributed by atoms with E-state index >= 15 is 0 Å². The van der Waals surface area contributed by atoms with Crippen molar-refractivity contribution in [2.45, 2.75) is 31.3 Å². The van der Waals surface area contributed by atoms with Crippen molar-refractivity contribution in [3.05, 3.63) is 106 Å². The minimum Gasteiger partial charge on any atom is -0.383 e. The maximum atomic E-state index is 12.6. The number of fused-ring (bicyclic) bond motifs is 1. The highest BCUT2D eigenvalue weighted by molar-refractivity contribution is 6.02. The predicted molar refractivity (Wildman–Crippen MR) is 157 cm³/mol. The molecule has 2 atom stereocenters. The van der Waals surface area contributed by atoms with Gasteiger partial charge in [-0.3, -0.25) is 14.8 Å². The van der Waals surface area contributed by atoms with E-state index in [9.17, 15) is 4.79 Å². The first kappa shape index (κ1) is 25.3. The molecule has 2 N–H and O–H groups in total. The summed E-state index contributed by atoms with van der Waals surface area (Å²) in [7, 11) is 1.79. The Morgan fingerprint density at radius 2 is 1.85 bits per heavy atom. The van der Waals surface area contributed by atoms with Crippen LogP contribution < -0.4 is 5.32 Å². The molecule has 1 aromatic heterocycles. The lowest BCUT2D eigenvalue weighted by Gasteiger charge is -2.23. The van der Waals surface area contributed by atoms with Gasteiger partial charge in [0.1, 0.15) is 0 Å². The third-order valence-electron chi connectivity index (χ3n) is 7.90. The number of hydrogen-bond donors (Lipinski definition) is 2. The molecule has 0 saturated carbocycles. The molecule has 6 rings (SSSR count). The molecule has 0 radical (unpaired) electrons. The fourth-order valence-corrected chi connectivity index (χ4v) is 5.80. The van der Waals surface area contributed by atoms with E-state index in [0.717, 1.165) is 58.6 Å². The standard InChI is InChI=1S/C33H34N4O2/c1-39-22-27-8-5-17-37(27)21-24-11-9-23(10-12-24)14-16-31-28-15-13-25(19-32(28)36-35-31)18-29-30(20-34-33(29)38)26-6-3-2-4-7-26/h2-4,6-7,9-16,18-19,27,30H,5,8,17,20-22H2,1H3,(H,34,38)(H,35,36)/b16-14+,29-18?. The summed E-state index contributed by atoms with van der Waals surface area (Å²) in [6.45, 7) is 3.54. The van der Waals surface area contributed by atoms with Gasteiger partial charge in [0.25, 0.3) is 0 Å². The van der Waals surface area contributed by atoms with Gasteiger partial charge >= 0.3 is 0 Å². The van der Waals surface area contributed by atoms with Gasteiger partial charge in [-0.2, -0.15) is 5.10 Å². The van der Waals surface area contributed by atoms with E-state index < -0.39 is 0 Å². The number of carbonyl (C=O) groups excluding carboxylic acids is 1. The van der Waals surface area contributed by atoms with E-state index in [-0.39, 0.29) is 11.8 Å². The van der Waals surface area contributed by atoms with E-state index in [0.29, 0.717) is 12.6 Å². The van der Waals surface area contributed by atoms with Crippen LogP contribution in [0.3, 0.4) is 0 Å². The van der Waals surface area contributed by atoms with E-state index in [2.05, 4.69) is 87.2 Å². The summed E-state index contributed by atoms with van der Waals surface area (Å²) in [5.41, 5.74) is 7.24. The van der Waals surface area contributed by atoms with Crippen LogP contribution in [0, 0.1) is 0 Å². The second-order valence-electron chi connectivity index (χ2n) is 10.5. The van der Waals surface area contributed by atoms with Crippen LogP contribution in [0.2, 0.25) is 0 Å². The summed E-state index contributed by atoms with van der Waals surface area (Å²) >= 11 is 0. The molecule has 0 bridgehead atoms. The maximum Gasteiger partial charge on any atom is 0.247 e. The summed E-state index contributed by atoms with van der Waals surface area (Å²) in [5.74, 6) is 0.0570.